The number of hydrogen-bond donors (Lipinski definition) is 3. The number of phosphoric acid groups is 1. The highest BCUT2D eigenvalue weighted by atomic mass is 32.1. The minimum Gasteiger partial charge on any atom is -0.378 e. The monoisotopic (exact) mass is 563 g/mol. The molecule has 1 aliphatic rings. The van der Waals surface area contributed by atoms with Gasteiger partial charge in [-0.1, -0.05) is 0 Å². The first-order valence-electron chi connectivity index (χ1n) is 11.5. The van der Waals surface area contributed by atoms with Crippen LogP contribution in [0.4, 0.5) is 10.1 Å². The topological polar surface area (TPSA) is 167 Å². The maximum atomic E-state index is 14.6. The van der Waals surface area contributed by atoms with E-state index in [4.69, 9.17) is 14.5 Å². The number of carbonyl (C=O) groups is 1. The molecule has 16 heteroatoms. The van der Waals surface area contributed by atoms with Crippen LogP contribution in [-0.4, -0.2) is 57.9 Å². The summed E-state index contributed by atoms with van der Waals surface area (Å²) in [6, 6.07) is 2.81. The Kier molecular flexibility index (Phi) is 7.47. The predicted molar refractivity (Wildman–Crippen MR) is 134 cm³/mol. The third kappa shape index (κ3) is 5.88. The number of thiazole rings is 1. The normalized spacial score (nSPS) is 17.4. The Bertz CT molecular complexity index is 1490. The molecular formula is C22H23FN7O6PS. The lowest BCUT2D eigenvalue weighted by molar-refractivity contribution is -0.0226. The number of hydrogen-bond acceptors (Lipinski definition) is 9. The predicted octanol–water partition coefficient (Wildman–Crippen LogP) is 3.46. The van der Waals surface area contributed by atoms with Crippen LogP contribution in [-0.2, 0) is 20.6 Å². The van der Waals surface area contributed by atoms with Gasteiger partial charge in [-0.3, -0.25) is 19.0 Å². The summed E-state index contributed by atoms with van der Waals surface area (Å²) in [4.78, 5) is 39.2. The van der Waals surface area contributed by atoms with Crippen LogP contribution in [0.1, 0.15) is 36.3 Å². The van der Waals surface area contributed by atoms with Crippen LogP contribution in [0.15, 0.2) is 42.3 Å². The van der Waals surface area contributed by atoms with E-state index in [1.807, 2.05) is 6.92 Å². The summed E-state index contributed by atoms with van der Waals surface area (Å²) in [5, 5.41) is 13.3. The van der Waals surface area contributed by atoms with Crippen molar-refractivity contribution in [1.29, 1.82) is 0 Å². The van der Waals surface area contributed by atoms with Crippen molar-refractivity contribution in [3.63, 3.8) is 0 Å². The number of aromatic nitrogens is 6. The number of nitrogens with zero attached hydrogens (tertiary/aromatic N) is 6. The van der Waals surface area contributed by atoms with E-state index in [9.17, 15) is 13.8 Å². The summed E-state index contributed by atoms with van der Waals surface area (Å²) < 4.78 is 38.4. The molecule has 4 aromatic heterocycles. The van der Waals surface area contributed by atoms with E-state index in [0.29, 0.717) is 22.9 Å². The third-order valence-electron chi connectivity index (χ3n) is 5.78. The maximum Gasteiger partial charge on any atom is 0.471 e. The molecule has 0 bridgehead atoms. The summed E-state index contributed by atoms with van der Waals surface area (Å²) in [5.74, 6) is -1.09. The van der Waals surface area contributed by atoms with Crippen LogP contribution < -0.4 is 5.32 Å². The number of pyridine rings is 1. The number of nitrogens with one attached hydrogen (secondary N) is 1. The Morgan fingerprint density at radius 3 is 2.87 bits per heavy atom. The molecule has 0 aromatic carbocycles. The van der Waals surface area contributed by atoms with Gasteiger partial charge < -0.3 is 19.8 Å². The van der Waals surface area contributed by atoms with Crippen molar-refractivity contribution in [2.75, 3.05) is 11.9 Å². The lowest BCUT2D eigenvalue weighted by atomic mass is 9.89. The molecule has 1 amide bonds. The van der Waals surface area contributed by atoms with Crippen molar-refractivity contribution < 1.29 is 32.8 Å². The van der Waals surface area contributed by atoms with E-state index in [2.05, 4.69) is 30.0 Å². The highest BCUT2D eigenvalue weighted by molar-refractivity contribution is 7.46. The zero-order chi connectivity index (χ0) is 26.9. The zero-order valence-corrected chi connectivity index (χ0v) is 21.7. The van der Waals surface area contributed by atoms with Gasteiger partial charge in [0, 0.05) is 36.1 Å². The van der Waals surface area contributed by atoms with Gasteiger partial charge in [0.2, 0.25) is 0 Å². The number of phosphoric ester groups is 1. The highest BCUT2D eigenvalue weighted by Gasteiger charge is 2.33. The van der Waals surface area contributed by atoms with E-state index in [0.717, 1.165) is 12.8 Å². The summed E-state index contributed by atoms with van der Waals surface area (Å²) in [5.41, 5.74) is 1.17. The molecular weight excluding hydrogens is 540 g/mol. The number of carbonyl (C=O) groups excluding carboxylic acids is 1. The van der Waals surface area contributed by atoms with E-state index < -0.39 is 26.3 Å². The fraction of sp³-hybridized carbons (Fsp3) is 0.318. The van der Waals surface area contributed by atoms with Gasteiger partial charge in [0.25, 0.3) is 5.91 Å². The van der Waals surface area contributed by atoms with Crippen LogP contribution in [0.2, 0.25) is 0 Å². The number of rotatable bonds is 10. The summed E-state index contributed by atoms with van der Waals surface area (Å²) in [6.45, 7) is 2.11. The quantitative estimate of drug-likeness (QED) is 0.243. The molecule has 5 rings (SSSR count). The lowest BCUT2D eigenvalue weighted by Gasteiger charge is -2.34. The molecule has 0 radical (unpaired) electrons. The van der Waals surface area contributed by atoms with Crippen LogP contribution in [0.5, 0.6) is 0 Å². The molecule has 1 aliphatic carbocycles. The largest absolute Gasteiger partial charge is 0.471 e. The van der Waals surface area contributed by atoms with Crippen molar-refractivity contribution in [2.24, 2.45) is 0 Å². The molecule has 38 heavy (non-hydrogen) atoms. The molecule has 0 unspecified atom stereocenters. The van der Waals surface area contributed by atoms with E-state index in [1.165, 1.54) is 46.7 Å². The fourth-order valence-electron chi connectivity index (χ4n) is 3.91. The Morgan fingerprint density at radius 1 is 1.32 bits per heavy atom. The average molecular weight is 564 g/mol. The minimum absolute atomic E-state index is 0.0196. The lowest BCUT2D eigenvalue weighted by Crippen LogP contribution is -2.33. The molecule has 200 valence electrons. The van der Waals surface area contributed by atoms with Gasteiger partial charge in [-0.2, -0.15) is 10.2 Å². The summed E-state index contributed by atoms with van der Waals surface area (Å²) in [7, 11) is -4.64. The van der Waals surface area contributed by atoms with Crippen molar-refractivity contribution in [3.05, 3.63) is 53.8 Å². The standard InChI is InChI=1S/C22H23FN7O6PS/c1-2-35-15-6-14(7-15)30-10-17(20(28-30)19-16(23)4-3-5-24-19)26-21(31)18-11-38-22(27-18)13-8-25-29(9-13)12-36-37(32,33)34/h3-5,8-11,14-15H,2,6-7,12H2,1H3,(H,26,31)(H2,32,33,34)/t14-,15-. The second kappa shape index (κ2) is 10.8. The molecule has 0 spiro atoms. The molecule has 3 N–H and O–H groups in total. The fourth-order valence-corrected chi connectivity index (χ4v) is 4.95. The van der Waals surface area contributed by atoms with Gasteiger partial charge in [-0.05, 0) is 31.9 Å². The number of halogens is 1. The molecule has 4 aromatic rings. The maximum absolute atomic E-state index is 14.6. The molecule has 1 fully saturated rings. The first kappa shape index (κ1) is 26.3. The van der Waals surface area contributed by atoms with Gasteiger partial charge in [-0.15, -0.1) is 11.3 Å². The van der Waals surface area contributed by atoms with Crippen LogP contribution in [0.25, 0.3) is 22.0 Å². The molecule has 1 saturated carbocycles. The van der Waals surface area contributed by atoms with E-state index in [1.54, 1.807) is 16.3 Å². The van der Waals surface area contributed by atoms with Gasteiger partial charge in [0.05, 0.1) is 24.0 Å². The SMILES string of the molecule is CCO[C@H]1C[C@H](n2cc(NC(=O)c3csc(-c4cnn(COP(=O)(O)O)c4)n3)c(-c3ncccc3F)n2)C1. The molecule has 0 aliphatic heterocycles. The van der Waals surface area contributed by atoms with Crippen molar-refractivity contribution in [1.82, 2.24) is 29.5 Å². The van der Waals surface area contributed by atoms with Gasteiger partial charge >= 0.3 is 7.82 Å². The summed E-state index contributed by atoms with van der Waals surface area (Å²) in [6.07, 6.45) is 7.69. The van der Waals surface area contributed by atoms with E-state index in [-0.39, 0.29) is 29.2 Å². The average Bonchev–Trinajstić information content (AvgIpc) is 3.59. The molecule has 13 nitrogen and oxygen atoms in total. The Labute approximate surface area is 219 Å². The number of ether oxygens (including phenoxy) is 1. The van der Waals surface area contributed by atoms with Crippen molar-refractivity contribution in [3.8, 4) is 22.0 Å². The second-order valence-corrected chi connectivity index (χ2v) is 10.5. The smallest absolute Gasteiger partial charge is 0.378 e. The Hall–Kier alpha value is -3.33. The third-order valence-corrected chi connectivity index (χ3v) is 7.13. The van der Waals surface area contributed by atoms with Crippen LogP contribution in [0, 0.1) is 5.82 Å². The number of amides is 1. The van der Waals surface area contributed by atoms with Crippen LogP contribution >= 0.6 is 19.2 Å². The van der Waals surface area contributed by atoms with E-state index >= 15 is 0 Å². The highest BCUT2D eigenvalue weighted by Crippen LogP contribution is 2.38. The van der Waals surface area contributed by atoms with Gasteiger partial charge in [0.15, 0.2) is 12.5 Å². The first-order chi connectivity index (χ1) is 18.2. The summed E-state index contributed by atoms with van der Waals surface area (Å²) >= 11 is 1.18. The van der Waals surface area contributed by atoms with Crippen LogP contribution in [0.3, 0.4) is 0 Å². The van der Waals surface area contributed by atoms with Gasteiger partial charge in [0.1, 0.15) is 22.1 Å². The minimum atomic E-state index is -4.64. The molecule has 0 atom stereocenters. The first-order valence-corrected chi connectivity index (χ1v) is 13.9. The zero-order valence-electron chi connectivity index (χ0n) is 20.0. The Balaban J connectivity index is 1.34. The van der Waals surface area contributed by atoms with Gasteiger partial charge in [-0.25, -0.2) is 18.6 Å². The molecule has 0 saturated heterocycles. The Morgan fingerprint density at radius 2 is 2.13 bits per heavy atom. The molecule has 4 heterocycles. The van der Waals surface area contributed by atoms with Crippen molar-refractivity contribution >= 4 is 30.8 Å². The van der Waals surface area contributed by atoms with Crippen molar-refractivity contribution in [2.45, 2.75) is 38.6 Å². The number of anilines is 1. The second-order valence-electron chi connectivity index (χ2n) is 8.42.